The molecule has 0 aliphatic rings. The summed E-state index contributed by atoms with van der Waals surface area (Å²) < 4.78 is 0. The Morgan fingerprint density at radius 3 is 2.78 bits per heavy atom. The van der Waals surface area contributed by atoms with Crippen LogP contribution in [0.3, 0.4) is 0 Å². The Kier molecular flexibility index (Phi) is 5.32. The molecular weight excluding hydrogens is 232 g/mol. The Morgan fingerprint density at radius 1 is 1.44 bits per heavy atom. The second kappa shape index (κ2) is 6.76. The van der Waals surface area contributed by atoms with Crippen LogP contribution >= 0.6 is 0 Å². The number of carbonyl (C=O) groups excluding carboxylic acids is 1. The maximum Gasteiger partial charge on any atom is 0.303 e. The molecule has 0 aliphatic carbocycles. The van der Waals surface area contributed by atoms with Crippen LogP contribution in [0, 0.1) is 0 Å². The average molecular weight is 250 g/mol. The minimum absolute atomic E-state index is 0.0806. The van der Waals surface area contributed by atoms with Gasteiger partial charge in [0.2, 0.25) is 5.91 Å². The summed E-state index contributed by atoms with van der Waals surface area (Å²) in [5.41, 5.74) is 7.09. The molecule has 1 rings (SSSR count). The summed E-state index contributed by atoms with van der Waals surface area (Å²) in [6.45, 7) is 1.77. The quantitative estimate of drug-likeness (QED) is 0.711. The summed E-state index contributed by atoms with van der Waals surface area (Å²) in [5.74, 6) is -0.971. The van der Waals surface area contributed by atoms with Crippen LogP contribution < -0.4 is 11.1 Å². The number of amides is 1. The first-order valence-corrected chi connectivity index (χ1v) is 5.83. The van der Waals surface area contributed by atoms with Gasteiger partial charge in [0.1, 0.15) is 0 Å². The third kappa shape index (κ3) is 5.45. The van der Waals surface area contributed by atoms with Crippen molar-refractivity contribution < 1.29 is 14.7 Å². The number of hydrogen-bond acceptors (Lipinski definition) is 3. The number of nitrogens with one attached hydrogen (secondary N) is 1. The molecule has 0 aliphatic heterocycles. The molecule has 1 aromatic carbocycles. The number of aryl methyl sites for hydroxylation is 1. The van der Waals surface area contributed by atoms with Crippen molar-refractivity contribution in [3.05, 3.63) is 29.8 Å². The molecule has 1 atom stereocenters. The fraction of sp³-hybridized carbons (Fsp3) is 0.385. The third-order valence-corrected chi connectivity index (χ3v) is 2.35. The van der Waals surface area contributed by atoms with Gasteiger partial charge in [-0.2, -0.15) is 0 Å². The molecule has 0 saturated carbocycles. The minimum Gasteiger partial charge on any atom is -0.481 e. The van der Waals surface area contributed by atoms with Crippen molar-refractivity contribution in [3.63, 3.8) is 0 Å². The number of carbonyl (C=O) groups is 2. The Balaban J connectivity index is 2.59. The molecule has 4 N–H and O–H groups in total. The molecule has 5 heteroatoms. The topological polar surface area (TPSA) is 92.4 Å². The van der Waals surface area contributed by atoms with E-state index in [9.17, 15) is 9.59 Å². The van der Waals surface area contributed by atoms with Gasteiger partial charge >= 0.3 is 5.97 Å². The van der Waals surface area contributed by atoms with Crippen molar-refractivity contribution >= 4 is 17.6 Å². The van der Waals surface area contributed by atoms with Gasteiger partial charge in [-0.25, -0.2) is 0 Å². The van der Waals surface area contributed by atoms with Gasteiger partial charge in [-0.05, 0) is 31.0 Å². The van der Waals surface area contributed by atoms with E-state index < -0.39 is 5.97 Å². The zero-order chi connectivity index (χ0) is 13.5. The number of anilines is 1. The van der Waals surface area contributed by atoms with Crippen LogP contribution in [0.15, 0.2) is 24.3 Å². The molecule has 0 bridgehead atoms. The highest BCUT2D eigenvalue weighted by atomic mass is 16.4. The molecule has 0 fully saturated rings. The normalized spacial score (nSPS) is 11.9. The summed E-state index contributed by atoms with van der Waals surface area (Å²) in [7, 11) is 0. The van der Waals surface area contributed by atoms with Gasteiger partial charge < -0.3 is 16.2 Å². The van der Waals surface area contributed by atoms with E-state index in [1.54, 1.807) is 25.1 Å². The lowest BCUT2D eigenvalue weighted by atomic mass is 10.1. The summed E-state index contributed by atoms with van der Waals surface area (Å²) in [6.07, 6.45) is 0.795. The van der Waals surface area contributed by atoms with Gasteiger partial charge in [0, 0.05) is 24.6 Å². The lowest BCUT2D eigenvalue weighted by Crippen LogP contribution is -2.23. The standard InChI is InChI=1S/C13H18N2O3/c1-9(14)7-12(16)15-11-4-2-3-10(8-11)5-6-13(17)18/h2-4,8-9H,5-7,14H2,1H3,(H,15,16)(H,17,18). The highest BCUT2D eigenvalue weighted by Crippen LogP contribution is 2.12. The van der Waals surface area contributed by atoms with Crippen molar-refractivity contribution in [2.75, 3.05) is 5.32 Å². The van der Waals surface area contributed by atoms with Gasteiger partial charge in [-0.3, -0.25) is 9.59 Å². The fourth-order valence-corrected chi connectivity index (χ4v) is 1.56. The van der Waals surface area contributed by atoms with Crippen molar-refractivity contribution in [1.29, 1.82) is 0 Å². The first-order valence-electron chi connectivity index (χ1n) is 5.83. The molecule has 0 saturated heterocycles. The van der Waals surface area contributed by atoms with E-state index in [2.05, 4.69) is 5.32 Å². The SMILES string of the molecule is CC(N)CC(=O)Nc1cccc(CCC(=O)O)c1. The van der Waals surface area contributed by atoms with Gasteiger partial charge in [0.15, 0.2) is 0 Å². The van der Waals surface area contributed by atoms with E-state index in [1.807, 2.05) is 6.07 Å². The number of aliphatic carboxylic acids is 1. The maximum absolute atomic E-state index is 11.5. The van der Waals surface area contributed by atoms with Crippen LogP contribution in [0.5, 0.6) is 0 Å². The fourth-order valence-electron chi connectivity index (χ4n) is 1.56. The summed E-state index contributed by atoms with van der Waals surface area (Å²) in [6, 6.07) is 6.99. The zero-order valence-electron chi connectivity index (χ0n) is 10.3. The number of hydrogen-bond donors (Lipinski definition) is 3. The lowest BCUT2D eigenvalue weighted by molar-refractivity contribution is -0.137. The summed E-state index contributed by atoms with van der Waals surface area (Å²) in [5, 5.41) is 11.3. The van der Waals surface area contributed by atoms with Crippen LogP contribution in [-0.2, 0) is 16.0 Å². The molecule has 1 aromatic rings. The van der Waals surface area contributed by atoms with E-state index in [0.717, 1.165) is 5.56 Å². The van der Waals surface area contributed by atoms with Crippen molar-refractivity contribution in [2.24, 2.45) is 5.73 Å². The Hall–Kier alpha value is -1.88. The monoisotopic (exact) mass is 250 g/mol. The number of benzene rings is 1. The van der Waals surface area contributed by atoms with E-state index in [0.29, 0.717) is 12.1 Å². The Morgan fingerprint density at radius 2 is 2.17 bits per heavy atom. The molecule has 98 valence electrons. The van der Waals surface area contributed by atoms with E-state index in [-0.39, 0.29) is 24.8 Å². The van der Waals surface area contributed by atoms with Crippen LogP contribution in [0.2, 0.25) is 0 Å². The highest BCUT2D eigenvalue weighted by molar-refractivity contribution is 5.91. The summed E-state index contributed by atoms with van der Waals surface area (Å²) >= 11 is 0. The van der Waals surface area contributed by atoms with Crippen molar-refractivity contribution in [3.8, 4) is 0 Å². The van der Waals surface area contributed by atoms with Gasteiger partial charge in [0.05, 0.1) is 0 Å². The average Bonchev–Trinajstić information content (AvgIpc) is 2.25. The minimum atomic E-state index is -0.832. The molecule has 0 heterocycles. The van der Waals surface area contributed by atoms with Crippen LogP contribution in [0.25, 0.3) is 0 Å². The zero-order valence-corrected chi connectivity index (χ0v) is 10.3. The Bertz CT molecular complexity index is 430. The first kappa shape index (κ1) is 14.2. The first-order chi connectivity index (χ1) is 8.47. The molecule has 5 nitrogen and oxygen atoms in total. The second-order valence-corrected chi connectivity index (χ2v) is 4.32. The third-order valence-electron chi connectivity index (χ3n) is 2.35. The molecule has 18 heavy (non-hydrogen) atoms. The Labute approximate surface area is 106 Å². The lowest BCUT2D eigenvalue weighted by Gasteiger charge is -2.08. The molecule has 1 amide bonds. The molecule has 0 aromatic heterocycles. The molecule has 0 spiro atoms. The van der Waals surface area contributed by atoms with Crippen molar-refractivity contribution in [2.45, 2.75) is 32.2 Å². The predicted octanol–water partition coefficient (Wildman–Crippen LogP) is 1.38. The van der Waals surface area contributed by atoms with Crippen LogP contribution in [0.4, 0.5) is 5.69 Å². The van der Waals surface area contributed by atoms with E-state index in [1.165, 1.54) is 0 Å². The molecule has 1 unspecified atom stereocenters. The van der Waals surface area contributed by atoms with Crippen LogP contribution in [0.1, 0.15) is 25.3 Å². The largest absolute Gasteiger partial charge is 0.481 e. The number of carboxylic acids is 1. The van der Waals surface area contributed by atoms with Gasteiger partial charge in [-0.1, -0.05) is 12.1 Å². The van der Waals surface area contributed by atoms with Crippen LogP contribution in [-0.4, -0.2) is 23.0 Å². The maximum atomic E-state index is 11.5. The van der Waals surface area contributed by atoms with Crippen molar-refractivity contribution in [1.82, 2.24) is 0 Å². The number of nitrogens with two attached hydrogens (primary N) is 1. The van der Waals surface area contributed by atoms with E-state index >= 15 is 0 Å². The highest BCUT2D eigenvalue weighted by Gasteiger charge is 2.06. The second-order valence-electron chi connectivity index (χ2n) is 4.32. The molecule has 0 radical (unpaired) electrons. The summed E-state index contributed by atoms with van der Waals surface area (Å²) in [4.78, 5) is 22.0. The van der Waals surface area contributed by atoms with E-state index in [4.69, 9.17) is 10.8 Å². The number of carboxylic acid groups (broad SMARTS) is 1. The smallest absolute Gasteiger partial charge is 0.303 e. The predicted molar refractivity (Wildman–Crippen MR) is 69.3 cm³/mol. The number of rotatable bonds is 6. The van der Waals surface area contributed by atoms with Gasteiger partial charge in [0.25, 0.3) is 0 Å². The molecular formula is C13H18N2O3. The van der Waals surface area contributed by atoms with Gasteiger partial charge in [-0.15, -0.1) is 0 Å².